The standard InChI is InChI=1S/C17H19FO2/c1-3-20-16-10-6-14(7-11-16)17(2,19)12-13-4-8-15(18)9-5-13/h4-11,19H,3,12H2,1-2H3. The zero-order valence-corrected chi connectivity index (χ0v) is 11.8. The Labute approximate surface area is 118 Å². The van der Waals surface area contributed by atoms with Gasteiger partial charge in [-0.15, -0.1) is 0 Å². The van der Waals surface area contributed by atoms with E-state index in [0.29, 0.717) is 13.0 Å². The molecule has 0 aliphatic heterocycles. The van der Waals surface area contributed by atoms with E-state index in [-0.39, 0.29) is 5.82 Å². The molecule has 0 amide bonds. The van der Waals surface area contributed by atoms with Crippen molar-refractivity contribution in [2.24, 2.45) is 0 Å². The Hall–Kier alpha value is -1.87. The summed E-state index contributed by atoms with van der Waals surface area (Å²) in [4.78, 5) is 0. The van der Waals surface area contributed by atoms with E-state index in [0.717, 1.165) is 16.9 Å². The van der Waals surface area contributed by atoms with E-state index >= 15 is 0 Å². The van der Waals surface area contributed by atoms with Gasteiger partial charge in [0.2, 0.25) is 0 Å². The van der Waals surface area contributed by atoms with Gasteiger partial charge in [0, 0.05) is 6.42 Å². The molecule has 1 N–H and O–H groups in total. The summed E-state index contributed by atoms with van der Waals surface area (Å²) in [5.74, 6) is 0.517. The van der Waals surface area contributed by atoms with Gasteiger partial charge in [-0.25, -0.2) is 4.39 Å². The first-order chi connectivity index (χ1) is 9.51. The van der Waals surface area contributed by atoms with Crippen LogP contribution in [0.3, 0.4) is 0 Å². The fraction of sp³-hybridized carbons (Fsp3) is 0.294. The summed E-state index contributed by atoms with van der Waals surface area (Å²) in [5, 5.41) is 10.6. The molecule has 106 valence electrons. The van der Waals surface area contributed by atoms with Crippen molar-refractivity contribution in [3.8, 4) is 5.75 Å². The Morgan fingerprint density at radius 3 is 2.20 bits per heavy atom. The molecule has 0 spiro atoms. The molecule has 3 heteroatoms. The highest BCUT2D eigenvalue weighted by Gasteiger charge is 2.23. The Bertz CT molecular complexity index is 544. The highest BCUT2D eigenvalue weighted by atomic mass is 19.1. The van der Waals surface area contributed by atoms with Crippen molar-refractivity contribution in [3.05, 3.63) is 65.5 Å². The number of halogens is 1. The van der Waals surface area contributed by atoms with Crippen LogP contribution in [0, 0.1) is 5.82 Å². The topological polar surface area (TPSA) is 29.5 Å². The lowest BCUT2D eigenvalue weighted by Crippen LogP contribution is -2.24. The van der Waals surface area contributed by atoms with Gasteiger partial charge in [-0.1, -0.05) is 24.3 Å². The van der Waals surface area contributed by atoms with E-state index in [4.69, 9.17) is 4.74 Å². The maximum absolute atomic E-state index is 12.9. The molecule has 20 heavy (non-hydrogen) atoms. The molecule has 0 aliphatic carbocycles. The molecular formula is C17H19FO2. The summed E-state index contributed by atoms with van der Waals surface area (Å²) in [6.45, 7) is 4.30. The predicted octanol–water partition coefficient (Wildman–Crippen LogP) is 3.67. The van der Waals surface area contributed by atoms with Crippen molar-refractivity contribution < 1.29 is 14.2 Å². The third-order valence-electron chi connectivity index (χ3n) is 3.25. The fourth-order valence-electron chi connectivity index (χ4n) is 2.18. The summed E-state index contributed by atoms with van der Waals surface area (Å²) in [7, 11) is 0. The van der Waals surface area contributed by atoms with Gasteiger partial charge in [0.15, 0.2) is 0 Å². The number of rotatable bonds is 5. The van der Waals surface area contributed by atoms with Gasteiger partial charge >= 0.3 is 0 Å². The Balaban J connectivity index is 2.14. The molecule has 0 aromatic heterocycles. The Kier molecular flexibility index (Phi) is 4.40. The quantitative estimate of drug-likeness (QED) is 0.901. The Morgan fingerprint density at radius 2 is 1.65 bits per heavy atom. The van der Waals surface area contributed by atoms with Crippen LogP contribution >= 0.6 is 0 Å². The molecule has 0 saturated heterocycles. The summed E-state index contributed by atoms with van der Waals surface area (Å²) < 4.78 is 18.3. The first-order valence-electron chi connectivity index (χ1n) is 6.71. The van der Waals surface area contributed by atoms with E-state index in [1.807, 2.05) is 31.2 Å². The van der Waals surface area contributed by atoms with Gasteiger partial charge in [0.05, 0.1) is 12.2 Å². The van der Waals surface area contributed by atoms with Crippen LogP contribution in [-0.4, -0.2) is 11.7 Å². The average Bonchev–Trinajstić information content (AvgIpc) is 2.42. The highest BCUT2D eigenvalue weighted by Crippen LogP contribution is 2.27. The summed E-state index contributed by atoms with van der Waals surface area (Å²) >= 11 is 0. The largest absolute Gasteiger partial charge is 0.494 e. The molecule has 2 aromatic carbocycles. The predicted molar refractivity (Wildman–Crippen MR) is 77.3 cm³/mol. The average molecular weight is 274 g/mol. The number of aliphatic hydroxyl groups is 1. The van der Waals surface area contributed by atoms with Crippen LogP contribution in [-0.2, 0) is 12.0 Å². The van der Waals surface area contributed by atoms with E-state index in [9.17, 15) is 9.50 Å². The summed E-state index contributed by atoms with van der Waals surface area (Å²) in [6.07, 6.45) is 0.432. The molecule has 1 atom stereocenters. The molecule has 0 heterocycles. The van der Waals surface area contributed by atoms with Crippen LogP contribution in [0.5, 0.6) is 5.75 Å². The van der Waals surface area contributed by atoms with Crippen LogP contribution in [0.15, 0.2) is 48.5 Å². The second-order valence-electron chi connectivity index (χ2n) is 5.03. The first kappa shape index (κ1) is 14.5. The smallest absolute Gasteiger partial charge is 0.123 e. The molecule has 0 fully saturated rings. The molecule has 2 aromatic rings. The molecule has 0 bridgehead atoms. The van der Waals surface area contributed by atoms with Crippen LogP contribution < -0.4 is 4.74 Å². The van der Waals surface area contributed by atoms with Crippen LogP contribution in [0.2, 0.25) is 0 Å². The van der Waals surface area contributed by atoms with Crippen molar-refractivity contribution >= 4 is 0 Å². The molecular weight excluding hydrogens is 255 g/mol. The Morgan fingerprint density at radius 1 is 1.05 bits per heavy atom. The maximum atomic E-state index is 12.9. The number of hydrogen-bond donors (Lipinski definition) is 1. The minimum absolute atomic E-state index is 0.269. The molecule has 0 saturated carbocycles. The maximum Gasteiger partial charge on any atom is 0.123 e. The number of hydrogen-bond acceptors (Lipinski definition) is 2. The third-order valence-corrected chi connectivity index (χ3v) is 3.25. The number of ether oxygens (including phenoxy) is 1. The van der Waals surface area contributed by atoms with E-state index in [1.165, 1.54) is 12.1 Å². The van der Waals surface area contributed by atoms with Gasteiger partial charge in [-0.3, -0.25) is 0 Å². The molecule has 0 radical (unpaired) electrons. The van der Waals surface area contributed by atoms with Gasteiger partial charge in [0.25, 0.3) is 0 Å². The molecule has 2 nitrogen and oxygen atoms in total. The van der Waals surface area contributed by atoms with Gasteiger partial charge < -0.3 is 9.84 Å². The lowest BCUT2D eigenvalue weighted by atomic mass is 9.89. The van der Waals surface area contributed by atoms with Crippen LogP contribution in [0.1, 0.15) is 25.0 Å². The van der Waals surface area contributed by atoms with Gasteiger partial charge in [-0.2, -0.15) is 0 Å². The van der Waals surface area contributed by atoms with Gasteiger partial charge in [-0.05, 0) is 49.2 Å². The zero-order valence-electron chi connectivity index (χ0n) is 11.8. The summed E-state index contributed by atoms with van der Waals surface area (Å²) in [5.41, 5.74) is 0.707. The first-order valence-corrected chi connectivity index (χ1v) is 6.71. The third kappa shape index (κ3) is 3.58. The SMILES string of the molecule is CCOc1ccc(C(C)(O)Cc2ccc(F)cc2)cc1. The number of benzene rings is 2. The van der Waals surface area contributed by atoms with E-state index in [1.54, 1.807) is 19.1 Å². The van der Waals surface area contributed by atoms with Crippen molar-refractivity contribution in [1.29, 1.82) is 0 Å². The van der Waals surface area contributed by atoms with Crippen molar-refractivity contribution in [2.45, 2.75) is 25.9 Å². The van der Waals surface area contributed by atoms with Crippen molar-refractivity contribution in [1.82, 2.24) is 0 Å². The summed E-state index contributed by atoms with van der Waals surface area (Å²) in [6, 6.07) is 13.6. The van der Waals surface area contributed by atoms with Gasteiger partial charge in [0.1, 0.15) is 11.6 Å². The van der Waals surface area contributed by atoms with Crippen molar-refractivity contribution in [2.75, 3.05) is 6.61 Å². The van der Waals surface area contributed by atoms with E-state index in [2.05, 4.69) is 0 Å². The second-order valence-corrected chi connectivity index (χ2v) is 5.03. The van der Waals surface area contributed by atoms with E-state index < -0.39 is 5.60 Å². The normalized spacial score (nSPS) is 13.8. The monoisotopic (exact) mass is 274 g/mol. The highest BCUT2D eigenvalue weighted by molar-refractivity contribution is 5.32. The van der Waals surface area contributed by atoms with Crippen LogP contribution in [0.25, 0.3) is 0 Å². The minimum atomic E-state index is -0.997. The lowest BCUT2D eigenvalue weighted by molar-refractivity contribution is 0.0575. The zero-order chi connectivity index (χ0) is 14.6. The van der Waals surface area contributed by atoms with Crippen LogP contribution in [0.4, 0.5) is 4.39 Å². The minimum Gasteiger partial charge on any atom is -0.494 e. The second kappa shape index (κ2) is 6.06. The van der Waals surface area contributed by atoms with Crippen molar-refractivity contribution in [3.63, 3.8) is 0 Å². The molecule has 1 unspecified atom stereocenters. The molecule has 2 rings (SSSR count). The lowest BCUT2D eigenvalue weighted by Gasteiger charge is -2.24. The fourth-order valence-corrected chi connectivity index (χ4v) is 2.18. The molecule has 0 aliphatic rings.